The molecule has 0 radical (unpaired) electrons. The minimum absolute atomic E-state index is 0.0407. The molecule has 3 aromatic heterocycles. The Balaban J connectivity index is 1.55. The highest BCUT2D eigenvalue weighted by atomic mass is 35.5. The van der Waals surface area contributed by atoms with Gasteiger partial charge in [0.15, 0.2) is 24.0 Å². The van der Waals surface area contributed by atoms with Crippen LogP contribution in [0.2, 0.25) is 5.28 Å². The molecule has 0 saturated heterocycles. The van der Waals surface area contributed by atoms with Crippen molar-refractivity contribution in [2.45, 2.75) is 39.7 Å². The Morgan fingerprint density at radius 2 is 2.06 bits per heavy atom. The number of nitrogens with zero attached hydrogens (tertiary/aromatic N) is 6. The fourth-order valence-corrected chi connectivity index (χ4v) is 5.22. The van der Waals surface area contributed by atoms with E-state index in [9.17, 15) is 9.18 Å². The molecule has 1 aromatic carbocycles. The molecule has 1 atom stereocenters. The lowest BCUT2D eigenvalue weighted by Crippen LogP contribution is -2.43. The first-order valence-electron chi connectivity index (χ1n) is 11.0. The Hall–Kier alpha value is -3.18. The number of fused-ring (bicyclic) bond motifs is 3. The third-order valence-corrected chi connectivity index (χ3v) is 6.99. The minimum Gasteiger partial charge on any atom is -0.480 e. The van der Waals surface area contributed by atoms with Crippen molar-refractivity contribution < 1.29 is 18.3 Å². The van der Waals surface area contributed by atoms with Gasteiger partial charge >= 0.3 is 0 Å². The normalized spacial score (nSPS) is 15.5. The van der Waals surface area contributed by atoms with E-state index in [0.717, 1.165) is 5.01 Å². The second kappa shape index (κ2) is 9.12. The fraction of sp³-hybridized carbons (Fsp3) is 0.348. The molecule has 4 aromatic rings. The molecule has 8 nitrogen and oxygen atoms in total. The molecule has 12 heteroatoms. The second-order valence-corrected chi connectivity index (χ2v) is 9.69. The summed E-state index contributed by atoms with van der Waals surface area (Å²) in [6.07, 6.45) is 2.40. The molecule has 4 heterocycles. The maximum Gasteiger partial charge on any atom is 0.261 e. The van der Waals surface area contributed by atoms with Gasteiger partial charge in [-0.1, -0.05) is 30.4 Å². The number of rotatable bonds is 5. The second-order valence-electron chi connectivity index (χ2n) is 8.19. The molecule has 1 aliphatic heterocycles. The number of imidazole rings is 1. The van der Waals surface area contributed by atoms with Gasteiger partial charge in [0.1, 0.15) is 11.0 Å². The Bertz CT molecular complexity index is 1460. The molecule has 0 N–H and O–H groups in total. The van der Waals surface area contributed by atoms with E-state index >= 15 is 4.39 Å². The summed E-state index contributed by atoms with van der Waals surface area (Å²) in [5.41, 5.74) is 2.05. The lowest BCUT2D eigenvalue weighted by molar-refractivity contribution is -0.135. The quantitative estimate of drug-likeness (QED) is 0.367. The number of carbonyl (C=O) groups excluding carboxylic acids is 1. The van der Waals surface area contributed by atoms with E-state index in [1.54, 1.807) is 4.52 Å². The molecular formula is C23H21ClF2N6O2S. The van der Waals surface area contributed by atoms with Crippen LogP contribution in [0.5, 0.6) is 5.75 Å². The number of aryl methyl sites for hydroxylation is 3. The van der Waals surface area contributed by atoms with Crippen molar-refractivity contribution in [3.63, 3.8) is 0 Å². The number of hydrogen-bond donors (Lipinski definition) is 0. The van der Waals surface area contributed by atoms with E-state index in [2.05, 4.69) is 20.1 Å². The topological polar surface area (TPSA) is 85.5 Å². The first-order chi connectivity index (χ1) is 16.8. The Kier molecular flexibility index (Phi) is 6.14. The SMILES string of the molecule is CCc1nc(Cl)ncc1OCC(=O)N1CCc2nc3sc(C)nn3c2C1c1ccc(C)c(F)c1F. The standard InChI is InChI=1S/C23H21ClF2N6O2S/c1-4-14-16(9-27-22(24)28-14)34-10-17(33)31-8-7-15-21(32-23(29-15)35-12(3)30-32)20(31)13-6-5-11(2)18(25)19(13)26/h5-6,9,20H,4,7-8,10H2,1-3H3. The molecule has 5 rings (SSSR count). The van der Waals surface area contributed by atoms with E-state index in [1.807, 2.05) is 13.8 Å². The van der Waals surface area contributed by atoms with E-state index in [4.69, 9.17) is 16.3 Å². The average Bonchev–Trinajstić information content (AvgIpc) is 3.36. The summed E-state index contributed by atoms with van der Waals surface area (Å²) in [6.45, 7) is 5.14. The van der Waals surface area contributed by atoms with E-state index < -0.39 is 23.6 Å². The maximum atomic E-state index is 15.3. The molecule has 0 aliphatic carbocycles. The molecule has 0 saturated carbocycles. The van der Waals surface area contributed by atoms with Crippen molar-refractivity contribution in [3.05, 3.63) is 68.5 Å². The summed E-state index contributed by atoms with van der Waals surface area (Å²) < 4.78 is 37.2. The molecule has 35 heavy (non-hydrogen) atoms. The summed E-state index contributed by atoms with van der Waals surface area (Å²) in [7, 11) is 0. The van der Waals surface area contributed by atoms with Crippen LogP contribution in [0.3, 0.4) is 0 Å². The third-order valence-electron chi connectivity index (χ3n) is 5.98. The van der Waals surface area contributed by atoms with Gasteiger partial charge in [0.2, 0.25) is 10.2 Å². The predicted molar refractivity (Wildman–Crippen MR) is 126 cm³/mol. The largest absolute Gasteiger partial charge is 0.480 e. The highest BCUT2D eigenvalue weighted by molar-refractivity contribution is 7.16. The van der Waals surface area contributed by atoms with Gasteiger partial charge in [-0.05, 0) is 37.4 Å². The molecule has 0 spiro atoms. The maximum absolute atomic E-state index is 15.3. The summed E-state index contributed by atoms with van der Waals surface area (Å²) in [4.78, 5) is 28.2. The number of halogens is 3. The minimum atomic E-state index is -0.997. The highest BCUT2D eigenvalue weighted by Gasteiger charge is 2.39. The van der Waals surface area contributed by atoms with Crippen molar-refractivity contribution in [2.75, 3.05) is 13.2 Å². The Labute approximate surface area is 208 Å². The van der Waals surface area contributed by atoms with Crippen LogP contribution < -0.4 is 4.74 Å². The predicted octanol–water partition coefficient (Wildman–Crippen LogP) is 4.24. The highest BCUT2D eigenvalue weighted by Crippen LogP contribution is 2.38. The lowest BCUT2D eigenvalue weighted by Gasteiger charge is -2.35. The smallest absolute Gasteiger partial charge is 0.261 e. The first-order valence-corrected chi connectivity index (χ1v) is 12.2. The number of hydrogen-bond acceptors (Lipinski definition) is 7. The van der Waals surface area contributed by atoms with Gasteiger partial charge in [0.25, 0.3) is 5.91 Å². The number of benzene rings is 1. The molecule has 1 unspecified atom stereocenters. The molecule has 1 aliphatic rings. The van der Waals surface area contributed by atoms with Gasteiger partial charge < -0.3 is 9.64 Å². The van der Waals surface area contributed by atoms with Crippen molar-refractivity contribution in [3.8, 4) is 5.75 Å². The van der Waals surface area contributed by atoms with Crippen molar-refractivity contribution in [1.29, 1.82) is 0 Å². The molecular weight excluding hydrogens is 498 g/mol. The third kappa shape index (κ3) is 4.12. The zero-order valence-corrected chi connectivity index (χ0v) is 20.8. The first kappa shape index (κ1) is 23.6. The van der Waals surface area contributed by atoms with Crippen molar-refractivity contribution in [2.24, 2.45) is 0 Å². The van der Waals surface area contributed by atoms with Gasteiger partial charge in [-0.25, -0.2) is 28.2 Å². The summed E-state index contributed by atoms with van der Waals surface area (Å²) in [5, 5.41) is 5.37. The van der Waals surface area contributed by atoms with Crippen molar-refractivity contribution >= 4 is 33.8 Å². The van der Waals surface area contributed by atoms with Gasteiger partial charge in [-0.3, -0.25) is 4.79 Å². The molecule has 0 bridgehead atoms. The van der Waals surface area contributed by atoms with E-state index in [0.29, 0.717) is 40.6 Å². The number of aromatic nitrogens is 5. The van der Waals surface area contributed by atoms with Crippen LogP contribution in [-0.2, 0) is 17.6 Å². The fourth-order valence-electron chi connectivity index (χ4n) is 4.30. The van der Waals surface area contributed by atoms with Gasteiger partial charge in [0.05, 0.1) is 23.3 Å². The molecule has 1 amide bonds. The van der Waals surface area contributed by atoms with Gasteiger partial charge in [-0.2, -0.15) is 5.10 Å². The number of amides is 1. The summed E-state index contributed by atoms with van der Waals surface area (Å²) in [6, 6.07) is 2.09. The Morgan fingerprint density at radius 3 is 2.83 bits per heavy atom. The van der Waals surface area contributed by atoms with Crippen LogP contribution in [0.4, 0.5) is 8.78 Å². The average molecular weight is 519 g/mol. The van der Waals surface area contributed by atoms with Crippen LogP contribution >= 0.6 is 22.9 Å². The van der Waals surface area contributed by atoms with Crippen LogP contribution in [0, 0.1) is 25.5 Å². The van der Waals surface area contributed by atoms with Crippen LogP contribution in [0.1, 0.15) is 46.2 Å². The zero-order chi connectivity index (χ0) is 24.9. The van der Waals surface area contributed by atoms with Crippen LogP contribution in [-0.4, -0.2) is 48.5 Å². The molecule has 182 valence electrons. The zero-order valence-electron chi connectivity index (χ0n) is 19.2. The Morgan fingerprint density at radius 1 is 1.26 bits per heavy atom. The number of ether oxygens (including phenoxy) is 1. The van der Waals surface area contributed by atoms with Crippen molar-refractivity contribution in [1.82, 2.24) is 29.5 Å². The summed E-state index contributed by atoms with van der Waals surface area (Å²) >= 11 is 7.25. The van der Waals surface area contributed by atoms with Gasteiger partial charge in [0, 0.05) is 18.5 Å². The van der Waals surface area contributed by atoms with E-state index in [-0.39, 0.29) is 29.6 Å². The monoisotopic (exact) mass is 518 g/mol. The molecule has 0 fully saturated rings. The van der Waals surface area contributed by atoms with Crippen LogP contribution in [0.15, 0.2) is 18.3 Å². The van der Waals surface area contributed by atoms with E-state index in [1.165, 1.54) is 41.5 Å². The van der Waals surface area contributed by atoms with Crippen LogP contribution in [0.25, 0.3) is 4.96 Å². The number of carbonyl (C=O) groups is 1. The summed E-state index contributed by atoms with van der Waals surface area (Å²) in [5.74, 6) is -2.00. The van der Waals surface area contributed by atoms with Gasteiger partial charge in [-0.15, -0.1) is 0 Å². The lowest BCUT2D eigenvalue weighted by atomic mass is 9.94.